The predicted molar refractivity (Wildman–Crippen MR) is 109 cm³/mol. The Balaban J connectivity index is 1.46. The van der Waals surface area contributed by atoms with Gasteiger partial charge in [-0.25, -0.2) is 0 Å². The summed E-state index contributed by atoms with van der Waals surface area (Å²) in [6, 6.07) is 8.87. The Hall–Kier alpha value is -3.85. The molecule has 4 heterocycles. The molecule has 0 aromatic carbocycles. The molecule has 2 aliphatic rings. The maximum absolute atomic E-state index is 13.7. The lowest BCUT2D eigenvalue weighted by Gasteiger charge is -2.27. The molecule has 188 valence electrons. The molecule has 2 aliphatic heterocycles. The molecule has 0 saturated heterocycles. The minimum atomic E-state index is -5.14. The first-order valence-electron chi connectivity index (χ1n) is 10.0. The Morgan fingerprint density at radius 1 is 0.722 bits per heavy atom. The second-order valence-electron chi connectivity index (χ2n) is 7.39. The number of carbonyl (C=O) groups is 1. The van der Waals surface area contributed by atoms with Crippen LogP contribution in [-0.4, -0.2) is 52.8 Å². The van der Waals surface area contributed by atoms with Crippen molar-refractivity contribution in [2.24, 2.45) is 20.5 Å². The first kappa shape index (κ1) is 25.2. The van der Waals surface area contributed by atoms with Crippen LogP contribution in [0.3, 0.4) is 0 Å². The van der Waals surface area contributed by atoms with E-state index in [1.807, 2.05) is 0 Å². The SMILES string of the molecule is O=C(COC1(C(F)(F)F)C=C(c2ccccn2)N=N1)COC1(C(F)(F)F)C=C(c2ccccn2)N=N1. The minimum Gasteiger partial charge on any atom is -0.334 e. The fourth-order valence-electron chi connectivity index (χ4n) is 3.03. The number of ketones is 1. The van der Waals surface area contributed by atoms with Gasteiger partial charge in [-0.3, -0.25) is 14.8 Å². The third-order valence-corrected chi connectivity index (χ3v) is 4.85. The average Bonchev–Trinajstić information content (AvgIpc) is 3.49. The van der Waals surface area contributed by atoms with E-state index in [9.17, 15) is 31.1 Å². The van der Waals surface area contributed by atoms with E-state index in [1.54, 1.807) is 0 Å². The number of halogens is 6. The fourth-order valence-corrected chi connectivity index (χ4v) is 3.03. The summed E-state index contributed by atoms with van der Waals surface area (Å²) in [7, 11) is 0. The number of ether oxygens (including phenoxy) is 2. The predicted octanol–water partition coefficient (Wildman–Crippen LogP) is 4.91. The van der Waals surface area contributed by atoms with E-state index in [0.717, 1.165) is 0 Å². The van der Waals surface area contributed by atoms with Gasteiger partial charge in [0.05, 0.1) is 11.4 Å². The highest BCUT2D eigenvalue weighted by Gasteiger charge is 2.60. The number of aromatic nitrogens is 2. The number of hydrogen-bond acceptors (Lipinski definition) is 9. The van der Waals surface area contributed by atoms with Crippen molar-refractivity contribution in [1.82, 2.24) is 9.97 Å². The van der Waals surface area contributed by atoms with Crippen molar-refractivity contribution in [2.45, 2.75) is 23.8 Å². The Bertz CT molecular complexity index is 1150. The largest absolute Gasteiger partial charge is 0.444 e. The maximum atomic E-state index is 13.7. The van der Waals surface area contributed by atoms with E-state index in [4.69, 9.17) is 9.47 Å². The lowest BCUT2D eigenvalue weighted by Crippen LogP contribution is -2.46. The van der Waals surface area contributed by atoms with Crippen LogP contribution < -0.4 is 0 Å². The molecule has 0 amide bonds. The first-order valence-corrected chi connectivity index (χ1v) is 10.0. The number of alkyl halides is 6. The summed E-state index contributed by atoms with van der Waals surface area (Å²) in [6.07, 6.45) is -6.58. The Kier molecular flexibility index (Phi) is 6.53. The van der Waals surface area contributed by atoms with Gasteiger partial charge in [-0.05, 0) is 24.3 Å². The van der Waals surface area contributed by atoms with Crippen molar-refractivity contribution in [3.63, 3.8) is 0 Å². The molecule has 0 aliphatic carbocycles. The zero-order valence-electron chi connectivity index (χ0n) is 17.9. The molecule has 9 nitrogen and oxygen atoms in total. The van der Waals surface area contributed by atoms with E-state index in [-0.39, 0.29) is 22.8 Å². The van der Waals surface area contributed by atoms with Gasteiger partial charge in [0.2, 0.25) is 0 Å². The molecule has 36 heavy (non-hydrogen) atoms. The van der Waals surface area contributed by atoms with Gasteiger partial charge in [0, 0.05) is 24.5 Å². The van der Waals surface area contributed by atoms with Crippen LogP contribution in [-0.2, 0) is 14.3 Å². The van der Waals surface area contributed by atoms with Crippen LogP contribution in [0.1, 0.15) is 11.4 Å². The quantitative estimate of drug-likeness (QED) is 0.467. The number of carbonyl (C=O) groups excluding carboxylic acids is 1. The molecule has 4 rings (SSSR count). The molecule has 2 aromatic rings. The second kappa shape index (κ2) is 9.31. The van der Waals surface area contributed by atoms with Crippen LogP contribution in [0.25, 0.3) is 11.4 Å². The van der Waals surface area contributed by atoms with Crippen LogP contribution in [0.2, 0.25) is 0 Å². The van der Waals surface area contributed by atoms with Crippen molar-refractivity contribution < 1.29 is 40.6 Å². The summed E-state index contributed by atoms with van der Waals surface area (Å²) < 4.78 is 91.8. The van der Waals surface area contributed by atoms with Crippen molar-refractivity contribution in [1.29, 1.82) is 0 Å². The van der Waals surface area contributed by atoms with Gasteiger partial charge in [0.15, 0.2) is 5.78 Å². The summed E-state index contributed by atoms with van der Waals surface area (Å²) >= 11 is 0. The smallest absolute Gasteiger partial charge is 0.334 e. The number of hydrogen-bond donors (Lipinski definition) is 0. The molecule has 0 fully saturated rings. The molecule has 0 saturated carbocycles. The van der Waals surface area contributed by atoms with Crippen molar-refractivity contribution in [3.8, 4) is 0 Å². The van der Waals surface area contributed by atoms with Gasteiger partial charge >= 0.3 is 12.4 Å². The minimum absolute atomic E-state index is 0.0693. The van der Waals surface area contributed by atoms with Crippen molar-refractivity contribution in [3.05, 3.63) is 72.3 Å². The zero-order chi connectivity index (χ0) is 26.0. The first-order chi connectivity index (χ1) is 16.9. The summed E-state index contributed by atoms with van der Waals surface area (Å²) in [4.78, 5) is 19.9. The Morgan fingerprint density at radius 2 is 1.14 bits per heavy atom. The van der Waals surface area contributed by atoms with E-state index < -0.39 is 42.8 Å². The van der Waals surface area contributed by atoms with E-state index >= 15 is 0 Å². The topological polar surface area (TPSA) is 111 Å². The van der Waals surface area contributed by atoms with Gasteiger partial charge in [0.1, 0.15) is 24.6 Å². The third-order valence-electron chi connectivity index (χ3n) is 4.85. The molecule has 0 bridgehead atoms. The molecule has 2 unspecified atom stereocenters. The van der Waals surface area contributed by atoms with E-state index in [1.165, 1.54) is 48.8 Å². The van der Waals surface area contributed by atoms with Gasteiger partial charge in [-0.15, -0.1) is 10.2 Å². The third kappa shape index (κ3) is 4.92. The highest BCUT2D eigenvalue weighted by molar-refractivity contribution is 5.81. The number of azo groups is 2. The molecule has 15 heteroatoms. The van der Waals surface area contributed by atoms with E-state index in [0.29, 0.717) is 12.2 Å². The number of pyridine rings is 2. The standard InChI is InChI=1S/C21H14F6N6O3/c22-20(23,24)18(9-16(30-32-18)14-5-1-3-7-28-14)35-11-13(34)12-36-19(21(25,26)27)10-17(31-33-19)15-6-2-4-8-29-15/h1-10H,11-12H2. The molecule has 0 N–H and O–H groups in total. The molecule has 2 aromatic heterocycles. The van der Waals surface area contributed by atoms with Crippen molar-refractivity contribution in [2.75, 3.05) is 13.2 Å². The number of Topliss-reactive ketones (excluding diaryl/α,β-unsaturated/α-hetero) is 1. The van der Waals surface area contributed by atoms with Crippen LogP contribution in [0.5, 0.6) is 0 Å². The van der Waals surface area contributed by atoms with Gasteiger partial charge < -0.3 is 9.47 Å². The molecule has 0 radical (unpaired) electrons. The average molecular weight is 512 g/mol. The lowest BCUT2D eigenvalue weighted by molar-refractivity contribution is -0.259. The van der Waals surface area contributed by atoms with Crippen molar-refractivity contribution >= 4 is 17.2 Å². The Labute approximate surface area is 198 Å². The molecule has 2 atom stereocenters. The highest BCUT2D eigenvalue weighted by Crippen LogP contribution is 2.44. The maximum Gasteiger partial charge on any atom is 0.444 e. The monoisotopic (exact) mass is 512 g/mol. The van der Waals surface area contributed by atoms with Crippen LogP contribution in [0, 0.1) is 0 Å². The van der Waals surface area contributed by atoms with Gasteiger partial charge in [-0.1, -0.05) is 12.1 Å². The van der Waals surface area contributed by atoms with Gasteiger partial charge in [-0.2, -0.15) is 36.6 Å². The van der Waals surface area contributed by atoms with Crippen LogP contribution >= 0.6 is 0 Å². The van der Waals surface area contributed by atoms with Crippen LogP contribution in [0.4, 0.5) is 26.3 Å². The Morgan fingerprint density at radius 3 is 1.47 bits per heavy atom. The molecular formula is C21H14F6N6O3. The summed E-state index contributed by atoms with van der Waals surface area (Å²) in [5.41, 5.74) is -7.02. The van der Waals surface area contributed by atoms with E-state index in [2.05, 4.69) is 30.4 Å². The normalized spacial score (nSPS) is 23.6. The second-order valence-corrected chi connectivity index (χ2v) is 7.39. The molecule has 0 spiro atoms. The lowest BCUT2D eigenvalue weighted by atomic mass is 10.1. The fraction of sp³-hybridized carbons (Fsp3) is 0.286. The zero-order valence-corrected chi connectivity index (χ0v) is 17.9. The number of nitrogens with zero attached hydrogens (tertiary/aromatic N) is 6. The number of rotatable bonds is 8. The summed E-state index contributed by atoms with van der Waals surface area (Å²) in [5, 5.41) is 13.1. The van der Waals surface area contributed by atoms with Gasteiger partial charge in [0.25, 0.3) is 11.4 Å². The highest BCUT2D eigenvalue weighted by atomic mass is 19.4. The van der Waals surface area contributed by atoms with Crippen LogP contribution in [0.15, 0.2) is 81.4 Å². The summed E-state index contributed by atoms with van der Waals surface area (Å²) in [5.74, 6) is -1.24. The molecular weight excluding hydrogens is 498 g/mol. The summed E-state index contributed by atoms with van der Waals surface area (Å²) in [6.45, 7) is -2.57.